The third-order valence-electron chi connectivity index (χ3n) is 2.49. The molecule has 2 rings (SSSR count). The summed E-state index contributed by atoms with van der Waals surface area (Å²) in [5.74, 6) is -1.39. The number of para-hydroxylation sites is 1. The lowest BCUT2D eigenvalue weighted by Crippen LogP contribution is -1.98. The number of nitrogens with zero attached hydrogens (tertiary/aromatic N) is 1. The predicted octanol–water partition coefficient (Wildman–Crippen LogP) is 3.68. The van der Waals surface area contributed by atoms with E-state index in [0.717, 1.165) is 17.8 Å². The topological polar surface area (TPSA) is 62.2 Å². The molecule has 6 heteroatoms. The normalized spacial score (nSPS) is 10.4. The molecule has 0 amide bonds. The van der Waals surface area contributed by atoms with E-state index in [1.807, 2.05) is 6.92 Å². The Morgan fingerprint density at radius 2 is 2.21 bits per heavy atom. The van der Waals surface area contributed by atoms with E-state index >= 15 is 0 Å². The van der Waals surface area contributed by atoms with Crippen molar-refractivity contribution in [2.24, 2.45) is 0 Å². The third-order valence-corrected chi connectivity index (χ3v) is 3.49. The summed E-state index contributed by atoms with van der Waals surface area (Å²) in [5, 5.41) is 12.3. The van der Waals surface area contributed by atoms with Crippen molar-refractivity contribution >= 4 is 28.1 Å². The van der Waals surface area contributed by atoms with E-state index in [2.05, 4.69) is 10.3 Å². The summed E-state index contributed by atoms with van der Waals surface area (Å²) in [7, 11) is 0. The number of aromatic carboxylic acids is 1. The van der Waals surface area contributed by atoms with Crippen LogP contribution in [0, 0.1) is 5.82 Å². The molecule has 0 aliphatic carbocycles. The Hall–Kier alpha value is -1.95. The Bertz CT molecular complexity index is 598. The number of carboxylic acid groups (broad SMARTS) is 1. The van der Waals surface area contributed by atoms with E-state index in [4.69, 9.17) is 5.11 Å². The molecule has 4 nitrogen and oxygen atoms in total. The van der Waals surface area contributed by atoms with Crippen LogP contribution >= 0.6 is 11.3 Å². The van der Waals surface area contributed by atoms with Gasteiger partial charge in [0.15, 0.2) is 5.13 Å². The highest BCUT2D eigenvalue weighted by Gasteiger charge is 2.17. The van der Waals surface area contributed by atoms with Crippen molar-refractivity contribution < 1.29 is 14.3 Å². The molecule has 1 aromatic carbocycles. The third kappa shape index (κ3) is 3.08. The monoisotopic (exact) mass is 280 g/mol. The summed E-state index contributed by atoms with van der Waals surface area (Å²) < 4.78 is 13.5. The second-order valence-corrected chi connectivity index (χ2v) is 4.95. The highest BCUT2D eigenvalue weighted by atomic mass is 32.1. The van der Waals surface area contributed by atoms with E-state index in [1.54, 1.807) is 18.2 Å². The fourth-order valence-corrected chi connectivity index (χ4v) is 2.52. The van der Waals surface area contributed by atoms with E-state index in [9.17, 15) is 9.18 Å². The zero-order chi connectivity index (χ0) is 13.8. The number of rotatable bonds is 5. The Labute approximate surface area is 113 Å². The van der Waals surface area contributed by atoms with Crippen LogP contribution in [0.15, 0.2) is 24.3 Å². The molecule has 0 fully saturated rings. The van der Waals surface area contributed by atoms with Gasteiger partial charge in [-0.1, -0.05) is 36.8 Å². The van der Waals surface area contributed by atoms with Gasteiger partial charge in [-0.25, -0.2) is 14.2 Å². The van der Waals surface area contributed by atoms with Crippen molar-refractivity contribution in [3.63, 3.8) is 0 Å². The first kappa shape index (κ1) is 13.5. The van der Waals surface area contributed by atoms with Crippen LogP contribution in [0.2, 0.25) is 0 Å². The molecule has 0 aliphatic heterocycles. The minimum atomic E-state index is -0.998. The van der Waals surface area contributed by atoms with E-state index in [-0.39, 0.29) is 10.6 Å². The SMILES string of the molecule is CCCc1nc(Nc2ccccc2F)sc1C(=O)O. The number of anilines is 2. The molecule has 19 heavy (non-hydrogen) atoms. The maximum Gasteiger partial charge on any atom is 0.347 e. The fraction of sp³-hybridized carbons (Fsp3) is 0.231. The number of halogens is 1. The molecule has 0 spiro atoms. The number of aromatic nitrogens is 1. The minimum Gasteiger partial charge on any atom is -0.477 e. The van der Waals surface area contributed by atoms with Crippen molar-refractivity contribution in [2.75, 3.05) is 5.32 Å². The van der Waals surface area contributed by atoms with Crippen LogP contribution < -0.4 is 5.32 Å². The fourth-order valence-electron chi connectivity index (χ4n) is 1.66. The van der Waals surface area contributed by atoms with Gasteiger partial charge in [0.25, 0.3) is 0 Å². The first-order valence-electron chi connectivity index (χ1n) is 5.86. The van der Waals surface area contributed by atoms with Crippen LogP contribution in [0.5, 0.6) is 0 Å². The molecule has 2 aromatic rings. The maximum atomic E-state index is 13.5. The number of benzene rings is 1. The van der Waals surface area contributed by atoms with Crippen LogP contribution in [0.4, 0.5) is 15.2 Å². The van der Waals surface area contributed by atoms with Crippen LogP contribution in [-0.2, 0) is 6.42 Å². The minimum absolute atomic E-state index is 0.209. The summed E-state index contributed by atoms with van der Waals surface area (Å²) in [6.45, 7) is 1.95. The summed E-state index contributed by atoms with van der Waals surface area (Å²) in [6.07, 6.45) is 1.40. The van der Waals surface area contributed by atoms with Gasteiger partial charge in [0.1, 0.15) is 10.7 Å². The van der Waals surface area contributed by atoms with Crippen molar-refractivity contribution in [1.29, 1.82) is 0 Å². The van der Waals surface area contributed by atoms with E-state index < -0.39 is 11.8 Å². The lowest BCUT2D eigenvalue weighted by molar-refractivity contribution is 0.0700. The van der Waals surface area contributed by atoms with Gasteiger partial charge in [0.05, 0.1) is 11.4 Å². The van der Waals surface area contributed by atoms with Gasteiger partial charge < -0.3 is 10.4 Å². The molecule has 100 valence electrons. The van der Waals surface area contributed by atoms with Gasteiger partial charge in [-0.15, -0.1) is 0 Å². The van der Waals surface area contributed by atoms with Crippen molar-refractivity contribution in [3.05, 3.63) is 40.7 Å². The van der Waals surface area contributed by atoms with E-state index in [0.29, 0.717) is 17.2 Å². The summed E-state index contributed by atoms with van der Waals surface area (Å²) in [6, 6.07) is 6.20. The Kier molecular flexibility index (Phi) is 4.11. The standard InChI is InChI=1S/C13H13FN2O2S/c1-2-5-10-11(12(17)18)19-13(16-10)15-9-7-4-3-6-8(9)14/h3-4,6-7H,2,5H2,1H3,(H,15,16)(H,17,18). The van der Waals surface area contributed by atoms with Crippen LogP contribution in [0.1, 0.15) is 28.7 Å². The molecular formula is C13H13FN2O2S. The molecule has 1 heterocycles. The largest absolute Gasteiger partial charge is 0.477 e. The summed E-state index contributed by atoms with van der Waals surface area (Å²) in [5.41, 5.74) is 0.829. The average Bonchev–Trinajstić information content (AvgIpc) is 2.76. The van der Waals surface area contributed by atoms with Gasteiger partial charge in [-0.05, 0) is 18.6 Å². The molecular weight excluding hydrogens is 267 g/mol. The zero-order valence-corrected chi connectivity index (χ0v) is 11.1. The predicted molar refractivity (Wildman–Crippen MR) is 72.8 cm³/mol. The van der Waals surface area contributed by atoms with Crippen LogP contribution in [0.3, 0.4) is 0 Å². The van der Waals surface area contributed by atoms with Crippen molar-refractivity contribution in [1.82, 2.24) is 4.98 Å². The van der Waals surface area contributed by atoms with Gasteiger partial charge >= 0.3 is 5.97 Å². The van der Waals surface area contributed by atoms with Crippen molar-refractivity contribution in [3.8, 4) is 0 Å². The molecule has 0 saturated carbocycles. The van der Waals surface area contributed by atoms with Gasteiger partial charge in [-0.3, -0.25) is 0 Å². The molecule has 2 N–H and O–H groups in total. The Morgan fingerprint density at radius 3 is 2.84 bits per heavy atom. The molecule has 0 saturated heterocycles. The summed E-state index contributed by atoms with van der Waals surface area (Å²) in [4.78, 5) is 15.5. The second-order valence-electron chi connectivity index (χ2n) is 3.95. The maximum absolute atomic E-state index is 13.5. The second kappa shape index (κ2) is 5.79. The highest BCUT2D eigenvalue weighted by molar-refractivity contribution is 7.17. The molecule has 1 aromatic heterocycles. The van der Waals surface area contributed by atoms with Gasteiger partial charge in [0, 0.05) is 0 Å². The highest BCUT2D eigenvalue weighted by Crippen LogP contribution is 2.27. The lowest BCUT2D eigenvalue weighted by Gasteiger charge is -2.02. The van der Waals surface area contributed by atoms with Gasteiger partial charge in [0.2, 0.25) is 0 Å². The van der Waals surface area contributed by atoms with Crippen LogP contribution in [-0.4, -0.2) is 16.1 Å². The Balaban J connectivity index is 2.29. The van der Waals surface area contributed by atoms with Gasteiger partial charge in [-0.2, -0.15) is 0 Å². The first-order valence-corrected chi connectivity index (χ1v) is 6.68. The van der Waals surface area contributed by atoms with Crippen LogP contribution in [0.25, 0.3) is 0 Å². The molecule has 0 aliphatic rings. The first-order chi connectivity index (χ1) is 9.11. The zero-order valence-electron chi connectivity index (χ0n) is 10.3. The number of thiazole rings is 1. The molecule has 0 atom stereocenters. The number of nitrogens with one attached hydrogen (secondary N) is 1. The number of hydrogen-bond donors (Lipinski definition) is 2. The van der Waals surface area contributed by atoms with E-state index in [1.165, 1.54) is 6.07 Å². The lowest BCUT2D eigenvalue weighted by atomic mass is 10.2. The number of carboxylic acids is 1. The average molecular weight is 280 g/mol. The smallest absolute Gasteiger partial charge is 0.347 e. The number of hydrogen-bond acceptors (Lipinski definition) is 4. The number of aryl methyl sites for hydroxylation is 1. The molecule has 0 radical (unpaired) electrons. The Morgan fingerprint density at radius 1 is 1.47 bits per heavy atom. The molecule has 0 unspecified atom stereocenters. The number of carbonyl (C=O) groups is 1. The molecule has 0 bridgehead atoms. The quantitative estimate of drug-likeness (QED) is 0.877. The summed E-state index contributed by atoms with van der Waals surface area (Å²) >= 11 is 1.02. The van der Waals surface area contributed by atoms with Crippen molar-refractivity contribution in [2.45, 2.75) is 19.8 Å².